The predicted octanol–water partition coefficient (Wildman–Crippen LogP) is 3.47. The van der Waals surface area contributed by atoms with Crippen LogP contribution < -0.4 is 5.32 Å². The van der Waals surface area contributed by atoms with E-state index >= 15 is 0 Å². The number of carbonyl (C=O) groups excluding carboxylic acids is 1. The van der Waals surface area contributed by atoms with Gasteiger partial charge in [-0.2, -0.15) is 10.2 Å². The van der Waals surface area contributed by atoms with Crippen molar-refractivity contribution in [1.29, 1.82) is 0 Å². The van der Waals surface area contributed by atoms with Crippen LogP contribution in [0.5, 0.6) is 0 Å². The molecule has 1 unspecified atom stereocenters. The van der Waals surface area contributed by atoms with E-state index in [9.17, 15) is 4.79 Å². The van der Waals surface area contributed by atoms with Gasteiger partial charge in [-0.05, 0) is 28.4 Å². The zero-order valence-corrected chi connectivity index (χ0v) is 15.8. The molecule has 2 aromatic heterocycles. The summed E-state index contributed by atoms with van der Waals surface area (Å²) in [7, 11) is 0. The van der Waals surface area contributed by atoms with Crippen LogP contribution in [0.1, 0.15) is 18.1 Å². The highest BCUT2D eigenvalue weighted by molar-refractivity contribution is 9.10. The van der Waals surface area contributed by atoms with E-state index in [0.29, 0.717) is 18.9 Å². The number of rotatable bonds is 6. The lowest BCUT2D eigenvalue weighted by molar-refractivity contribution is -0.119. The quantitative estimate of drug-likeness (QED) is 0.687. The number of amides is 1. The minimum Gasteiger partial charge on any atom is -0.309 e. The SMILES string of the molecule is Cc1cccc(Cn2ccc(NC(=O)C(C)Cn3cc(Br)cn3)n2)c1. The summed E-state index contributed by atoms with van der Waals surface area (Å²) in [6, 6.07) is 10.1. The minimum absolute atomic E-state index is 0.0765. The van der Waals surface area contributed by atoms with E-state index in [1.54, 1.807) is 10.9 Å². The molecule has 0 spiro atoms. The van der Waals surface area contributed by atoms with Crippen LogP contribution in [-0.4, -0.2) is 25.5 Å². The van der Waals surface area contributed by atoms with Crippen LogP contribution >= 0.6 is 15.9 Å². The van der Waals surface area contributed by atoms with E-state index in [1.165, 1.54) is 11.1 Å². The van der Waals surface area contributed by atoms with Crippen LogP contribution in [0.2, 0.25) is 0 Å². The molecule has 0 aliphatic carbocycles. The number of hydrogen-bond acceptors (Lipinski definition) is 3. The van der Waals surface area contributed by atoms with Gasteiger partial charge in [0.1, 0.15) is 0 Å². The van der Waals surface area contributed by atoms with Gasteiger partial charge in [-0.25, -0.2) is 0 Å². The first-order valence-corrected chi connectivity index (χ1v) is 8.87. The Bertz CT molecular complexity index is 870. The Kier molecular flexibility index (Phi) is 5.33. The topological polar surface area (TPSA) is 64.7 Å². The van der Waals surface area contributed by atoms with Crippen molar-refractivity contribution in [3.05, 3.63) is 64.5 Å². The normalized spacial score (nSPS) is 12.1. The summed E-state index contributed by atoms with van der Waals surface area (Å²) in [4.78, 5) is 12.3. The summed E-state index contributed by atoms with van der Waals surface area (Å²) in [6.45, 7) is 5.13. The Morgan fingerprint density at radius 1 is 1.32 bits per heavy atom. The molecule has 0 saturated carbocycles. The minimum atomic E-state index is -0.214. The third-order valence-electron chi connectivity index (χ3n) is 3.83. The number of halogens is 1. The Morgan fingerprint density at radius 3 is 2.88 bits per heavy atom. The van der Waals surface area contributed by atoms with Crippen molar-refractivity contribution in [2.75, 3.05) is 5.32 Å². The molecule has 1 atom stereocenters. The Labute approximate surface area is 155 Å². The number of nitrogens with one attached hydrogen (secondary N) is 1. The smallest absolute Gasteiger partial charge is 0.230 e. The van der Waals surface area contributed by atoms with E-state index in [0.717, 1.165) is 4.47 Å². The molecule has 0 radical (unpaired) electrons. The fourth-order valence-electron chi connectivity index (χ4n) is 2.57. The van der Waals surface area contributed by atoms with Gasteiger partial charge < -0.3 is 5.32 Å². The molecule has 2 heterocycles. The lowest BCUT2D eigenvalue weighted by Crippen LogP contribution is -2.24. The first-order valence-electron chi connectivity index (χ1n) is 8.07. The zero-order chi connectivity index (χ0) is 17.8. The maximum absolute atomic E-state index is 12.3. The Balaban J connectivity index is 1.57. The van der Waals surface area contributed by atoms with Crippen LogP contribution in [0.15, 0.2) is 53.4 Å². The summed E-state index contributed by atoms with van der Waals surface area (Å²) in [5, 5.41) is 11.5. The summed E-state index contributed by atoms with van der Waals surface area (Å²) < 4.78 is 4.46. The van der Waals surface area contributed by atoms with Crippen molar-refractivity contribution in [3.63, 3.8) is 0 Å². The first kappa shape index (κ1) is 17.4. The van der Waals surface area contributed by atoms with Crippen LogP contribution in [0.4, 0.5) is 5.82 Å². The fraction of sp³-hybridized carbons (Fsp3) is 0.278. The van der Waals surface area contributed by atoms with Gasteiger partial charge in [0.25, 0.3) is 0 Å². The largest absolute Gasteiger partial charge is 0.309 e. The summed E-state index contributed by atoms with van der Waals surface area (Å²) in [6.07, 6.45) is 5.42. The third-order valence-corrected chi connectivity index (χ3v) is 4.24. The summed E-state index contributed by atoms with van der Waals surface area (Å²) >= 11 is 3.35. The molecule has 130 valence electrons. The van der Waals surface area contributed by atoms with E-state index in [1.807, 2.05) is 36.1 Å². The molecule has 1 N–H and O–H groups in total. The van der Waals surface area contributed by atoms with Gasteiger partial charge in [0.05, 0.1) is 29.7 Å². The average molecular weight is 402 g/mol. The molecule has 7 heteroatoms. The molecular weight excluding hydrogens is 382 g/mol. The second kappa shape index (κ2) is 7.65. The number of hydrogen-bond donors (Lipinski definition) is 1. The number of benzene rings is 1. The molecule has 0 bridgehead atoms. The standard InChI is InChI=1S/C18H20BrN5O/c1-13-4-3-5-15(8-13)11-23-7-6-17(22-23)21-18(25)14(2)10-24-12-16(19)9-20-24/h3-9,12,14H,10-11H2,1-2H3,(H,21,22,25). The molecular formula is C18H20BrN5O. The molecule has 0 fully saturated rings. The Hall–Kier alpha value is -2.41. The van der Waals surface area contributed by atoms with Crippen LogP contribution in [0.25, 0.3) is 0 Å². The van der Waals surface area contributed by atoms with Gasteiger partial charge in [-0.1, -0.05) is 36.8 Å². The number of anilines is 1. The maximum Gasteiger partial charge on any atom is 0.230 e. The highest BCUT2D eigenvalue weighted by Gasteiger charge is 2.15. The molecule has 0 saturated heterocycles. The molecule has 6 nitrogen and oxygen atoms in total. The van der Waals surface area contributed by atoms with Crippen molar-refractivity contribution in [3.8, 4) is 0 Å². The number of nitrogens with zero attached hydrogens (tertiary/aromatic N) is 4. The van der Waals surface area contributed by atoms with Gasteiger partial charge in [0.2, 0.25) is 5.91 Å². The highest BCUT2D eigenvalue weighted by atomic mass is 79.9. The average Bonchev–Trinajstić information content (AvgIpc) is 3.16. The number of carbonyl (C=O) groups is 1. The molecule has 1 aromatic carbocycles. The molecule has 1 amide bonds. The number of aryl methyl sites for hydroxylation is 1. The second-order valence-corrected chi connectivity index (χ2v) is 7.07. The van der Waals surface area contributed by atoms with Crippen molar-refractivity contribution in [2.24, 2.45) is 5.92 Å². The van der Waals surface area contributed by atoms with Crippen LogP contribution in [0.3, 0.4) is 0 Å². The monoisotopic (exact) mass is 401 g/mol. The van der Waals surface area contributed by atoms with E-state index < -0.39 is 0 Å². The van der Waals surface area contributed by atoms with Gasteiger partial charge in [0.15, 0.2) is 5.82 Å². The number of aromatic nitrogens is 4. The summed E-state index contributed by atoms with van der Waals surface area (Å²) in [5.74, 6) is 0.271. The third kappa shape index (κ3) is 4.79. The molecule has 3 aromatic rings. The van der Waals surface area contributed by atoms with Crippen molar-refractivity contribution < 1.29 is 4.79 Å². The Morgan fingerprint density at radius 2 is 2.16 bits per heavy atom. The fourth-order valence-corrected chi connectivity index (χ4v) is 2.89. The first-order chi connectivity index (χ1) is 12.0. The van der Waals surface area contributed by atoms with Crippen molar-refractivity contribution in [2.45, 2.75) is 26.9 Å². The van der Waals surface area contributed by atoms with E-state index in [-0.39, 0.29) is 11.8 Å². The van der Waals surface area contributed by atoms with Gasteiger partial charge in [0, 0.05) is 18.5 Å². The second-order valence-electron chi connectivity index (χ2n) is 6.16. The molecule has 3 rings (SSSR count). The van der Waals surface area contributed by atoms with Crippen molar-refractivity contribution >= 4 is 27.7 Å². The molecule has 0 aliphatic heterocycles. The van der Waals surface area contributed by atoms with E-state index in [2.05, 4.69) is 56.6 Å². The maximum atomic E-state index is 12.3. The van der Waals surface area contributed by atoms with Crippen LogP contribution in [-0.2, 0) is 17.9 Å². The predicted molar refractivity (Wildman–Crippen MR) is 100 cm³/mol. The van der Waals surface area contributed by atoms with Gasteiger partial charge >= 0.3 is 0 Å². The molecule has 25 heavy (non-hydrogen) atoms. The summed E-state index contributed by atoms with van der Waals surface area (Å²) in [5.41, 5.74) is 2.40. The van der Waals surface area contributed by atoms with Crippen LogP contribution in [0, 0.1) is 12.8 Å². The highest BCUT2D eigenvalue weighted by Crippen LogP contribution is 2.12. The van der Waals surface area contributed by atoms with E-state index in [4.69, 9.17) is 0 Å². The van der Waals surface area contributed by atoms with Crippen molar-refractivity contribution in [1.82, 2.24) is 19.6 Å². The zero-order valence-electron chi connectivity index (χ0n) is 14.2. The molecule has 0 aliphatic rings. The lowest BCUT2D eigenvalue weighted by Gasteiger charge is -2.10. The van der Waals surface area contributed by atoms with Gasteiger partial charge in [-0.3, -0.25) is 14.2 Å². The van der Waals surface area contributed by atoms with Gasteiger partial charge in [-0.15, -0.1) is 0 Å². The lowest BCUT2D eigenvalue weighted by atomic mass is 10.1.